The van der Waals surface area contributed by atoms with E-state index >= 15 is 0 Å². The van der Waals surface area contributed by atoms with E-state index in [1.165, 1.54) is 33.3 Å². The molecule has 0 saturated heterocycles. The molecule has 0 unspecified atom stereocenters. The Balaban J connectivity index is 1.30. The summed E-state index contributed by atoms with van der Waals surface area (Å²) in [5.74, 6) is 2.00. The standard InChI is InChI=1S/C49H42N4O2/c1-27(2)36-25-32(29-14-9-8-10-15-29)26-37(28(3)4)42(36)53-43-33-17-12-11-16-30(33)20-22-39(43)50-46(53)35-19-13-18-34-38-24-31-21-23-40-45(55-48(51-40)49(5,6)7)41(31)52-47(38)54-44(34)35/h8-28H,1-7H3. The van der Waals surface area contributed by atoms with Crippen LogP contribution in [0.15, 0.2) is 124 Å². The van der Waals surface area contributed by atoms with Crippen LogP contribution in [0.25, 0.3) is 94.1 Å². The molecule has 0 amide bonds. The molecule has 10 rings (SSSR count). The van der Waals surface area contributed by atoms with Crippen molar-refractivity contribution in [1.82, 2.24) is 19.5 Å². The highest BCUT2D eigenvalue weighted by Crippen LogP contribution is 2.44. The monoisotopic (exact) mass is 718 g/mol. The predicted molar refractivity (Wildman–Crippen MR) is 226 cm³/mol. The number of pyridine rings is 1. The predicted octanol–water partition coefficient (Wildman–Crippen LogP) is 13.6. The zero-order valence-corrected chi connectivity index (χ0v) is 32.2. The summed E-state index contributed by atoms with van der Waals surface area (Å²) >= 11 is 0. The molecule has 0 spiro atoms. The third kappa shape index (κ3) is 5.19. The maximum absolute atomic E-state index is 6.85. The van der Waals surface area contributed by atoms with Crippen molar-refractivity contribution in [2.24, 2.45) is 0 Å². The van der Waals surface area contributed by atoms with Gasteiger partial charge in [0.1, 0.15) is 22.4 Å². The van der Waals surface area contributed by atoms with E-state index in [0.29, 0.717) is 17.2 Å². The molecule has 0 atom stereocenters. The van der Waals surface area contributed by atoms with Gasteiger partial charge in [-0.15, -0.1) is 0 Å². The van der Waals surface area contributed by atoms with Crippen molar-refractivity contribution < 1.29 is 8.83 Å². The van der Waals surface area contributed by atoms with Crippen molar-refractivity contribution in [2.45, 2.75) is 65.7 Å². The number of hydrogen-bond acceptors (Lipinski definition) is 5. The minimum Gasteiger partial charge on any atom is -0.438 e. The number of rotatable bonds is 5. The van der Waals surface area contributed by atoms with E-state index in [2.05, 4.69) is 162 Å². The third-order valence-electron chi connectivity index (χ3n) is 11.0. The number of aromatic nitrogens is 4. The Labute approximate surface area is 319 Å². The second-order valence-electron chi connectivity index (χ2n) is 16.5. The van der Waals surface area contributed by atoms with Gasteiger partial charge in [-0.25, -0.2) is 15.0 Å². The van der Waals surface area contributed by atoms with Crippen molar-refractivity contribution in [3.63, 3.8) is 0 Å². The molecule has 0 fully saturated rings. The lowest BCUT2D eigenvalue weighted by atomic mass is 9.88. The van der Waals surface area contributed by atoms with Gasteiger partial charge in [0.2, 0.25) is 11.6 Å². The van der Waals surface area contributed by atoms with E-state index in [0.717, 1.165) is 60.6 Å². The van der Waals surface area contributed by atoms with Gasteiger partial charge in [-0.1, -0.05) is 127 Å². The fourth-order valence-corrected chi connectivity index (χ4v) is 8.18. The van der Waals surface area contributed by atoms with Crippen LogP contribution in [-0.2, 0) is 5.41 Å². The lowest BCUT2D eigenvalue weighted by Crippen LogP contribution is -2.10. The quantitative estimate of drug-likeness (QED) is 0.177. The number of oxazole rings is 1. The summed E-state index contributed by atoms with van der Waals surface area (Å²) in [7, 11) is 0. The van der Waals surface area contributed by atoms with Gasteiger partial charge < -0.3 is 8.83 Å². The maximum Gasteiger partial charge on any atom is 0.228 e. The largest absolute Gasteiger partial charge is 0.438 e. The van der Waals surface area contributed by atoms with Crippen LogP contribution >= 0.6 is 0 Å². The Hall–Kier alpha value is -6.27. The molecule has 10 aromatic rings. The fraction of sp³-hybridized carbons (Fsp3) is 0.204. The first-order valence-corrected chi connectivity index (χ1v) is 19.3. The molecule has 270 valence electrons. The van der Waals surface area contributed by atoms with Crippen LogP contribution < -0.4 is 0 Å². The van der Waals surface area contributed by atoms with Crippen LogP contribution in [0.1, 0.15) is 77.3 Å². The van der Waals surface area contributed by atoms with E-state index in [4.69, 9.17) is 23.8 Å². The van der Waals surface area contributed by atoms with Crippen molar-refractivity contribution in [1.29, 1.82) is 0 Å². The molecule has 0 aliphatic rings. The molecular formula is C49H42N4O2. The van der Waals surface area contributed by atoms with Crippen molar-refractivity contribution in [3.8, 4) is 28.2 Å². The van der Waals surface area contributed by atoms with Crippen LogP contribution in [0.2, 0.25) is 0 Å². The van der Waals surface area contributed by atoms with E-state index in [1.54, 1.807) is 0 Å². The Morgan fingerprint density at radius 1 is 0.564 bits per heavy atom. The topological polar surface area (TPSA) is 69.9 Å². The molecule has 4 aromatic heterocycles. The Morgan fingerprint density at radius 2 is 1.25 bits per heavy atom. The molecule has 6 aromatic carbocycles. The Kier molecular flexibility index (Phi) is 7.34. The summed E-state index contributed by atoms with van der Waals surface area (Å²) in [5.41, 5.74) is 12.4. The number of para-hydroxylation sites is 1. The van der Waals surface area contributed by atoms with Gasteiger partial charge in [0.05, 0.1) is 22.3 Å². The molecule has 0 saturated carbocycles. The molecule has 0 radical (unpaired) electrons. The average Bonchev–Trinajstić information content (AvgIpc) is 3.90. The van der Waals surface area contributed by atoms with Gasteiger partial charge in [-0.05, 0) is 75.9 Å². The first kappa shape index (κ1) is 33.3. The number of nitrogens with zero attached hydrogens (tertiary/aromatic N) is 4. The molecule has 55 heavy (non-hydrogen) atoms. The average molecular weight is 719 g/mol. The van der Waals surface area contributed by atoms with Gasteiger partial charge in [-0.2, -0.15) is 0 Å². The summed E-state index contributed by atoms with van der Waals surface area (Å²) < 4.78 is 15.6. The van der Waals surface area contributed by atoms with Crippen molar-refractivity contribution >= 4 is 65.9 Å². The number of furan rings is 1. The molecule has 0 aliphatic heterocycles. The van der Waals surface area contributed by atoms with Crippen LogP contribution in [0.4, 0.5) is 0 Å². The number of fused-ring (bicyclic) bond motifs is 9. The van der Waals surface area contributed by atoms with E-state index in [-0.39, 0.29) is 17.3 Å². The summed E-state index contributed by atoms with van der Waals surface area (Å²) in [4.78, 5) is 15.4. The number of imidazole rings is 1. The van der Waals surface area contributed by atoms with Crippen LogP contribution in [0.3, 0.4) is 0 Å². The minimum atomic E-state index is -0.229. The molecule has 6 nitrogen and oxygen atoms in total. The second kappa shape index (κ2) is 12.1. The normalized spacial score (nSPS) is 12.6. The molecule has 4 heterocycles. The fourth-order valence-electron chi connectivity index (χ4n) is 8.18. The van der Waals surface area contributed by atoms with Gasteiger partial charge in [0.25, 0.3) is 0 Å². The maximum atomic E-state index is 6.85. The highest BCUT2D eigenvalue weighted by atomic mass is 16.4. The zero-order valence-electron chi connectivity index (χ0n) is 32.2. The highest BCUT2D eigenvalue weighted by molar-refractivity contribution is 6.14. The molecule has 6 heteroatoms. The third-order valence-corrected chi connectivity index (χ3v) is 11.0. The summed E-state index contributed by atoms with van der Waals surface area (Å²) in [6.07, 6.45) is 0. The molecule has 0 bridgehead atoms. The van der Waals surface area contributed by atoms with Gasteiger partial charge in [-0.3, -0.25) is 4.57 Å². The van der Waals surface area contributed by atoms with Crippen LogP contribution in [0, 0.1) is 0 Å². The Bertz CT molecular complexity index is 3110. The SMILES string of the molecule is CC(C)c1cc(-c2ccccc2)cc(C(C)C)c1-n1c(-c2cccc3c2oc2nc4c(ccc5nc(C(C)(C)C)oc54)cc23)nc2ccc3ccccc3c21. The van der Waals surface area contributed by atoms with Crippen LogP contribution in [0.5, 0.6) is 0 Å². The molecular weight excluding hydrogens is 677 g/mol. The summed E-state index contributed by atoms with van der Waals surface area (Å²) in [6, 6.07) is 41.1. The zero-order chi connectivity index (χ0) is 37.7. The Morgan fingerprint density at radius 3 is 2.00 bits per heavy atom. The van der Waals surface area contributed by atoms with E-state index in [9.17, 15) is 0 Å². The van der Waals surface area contributed by atoms with Crippen LogP contribution in [-0.4, -0.2) is 19.5 Å². The van der Waals surface area contributed by atoms with Crippen molar-refractivity contribution in [3.05, 3.63) is 132 Å². The highest BCUT2D eigenvalue weighted by Gasteiger charge is 2.27. The molecule has 0 N–H and O–H groups in total. The van der Waals surface area contributed by atoms with Gasteiger partial charge >= 0.3 is 0 Å². The van der Waals surface area contributed by atoms with Crippen molar-refractivity contribution in [2.75, 3.05) is 0 Å². The lowest BCUT2D eigenvalue weighted by molar-refractivity contribution is 0.411. The van der Waals surface area contributed by atoms with Gasteiger partial charge in [0, 0.05) is 27.0 Å². The molecule has 0 aliphatic carbocycles. The first-order valence-electron chi connectivity index (χ1n) is 19.3. The summed E-state index contributed by atoms with van der Waals surface area (Å²) in [6.45, 7) is 15.5. The van der Waals surface area contributed by atoms with E-state index < -0.39 is 0 Å². The minimum absolute atomic E-state index is 0.229. The summed E-state index contributed by atoms with van der Waals surface area (Å²) in [5, 5.41) is 5.25. The number of hydrogen-bond donors (Lipinski definition) is 0. The van der Waals surface area contributed by atoms with E-state index in [1.807, 2.05) is 6.07 Å². The second-order valence-corrected chi connectivity index (χ2v) is 16.5. The van der Waals surface area contributed by atoms with Gasteiger partial charge in [0.15, 0.2) is 5.58 Å². The lowest BCUT2D eigenvalue weighted by Gasteiger charge is -2.24. The smallest absolute Gasteiger partial charge is 0.228 e. The first-order chi connectivity index (χ1) is 26.5. The number of benzene rings is 6.